The molecule has 0 unspecified atom stereocenters. The van der Waals surface area contributed by atoms with Crippen LogP contribution in [0.15, 0.2) is 4.52 Å². The quantitative estimate of drug-likeness (QED) is 0.633. The van der Waals surface area contributed by atoms with Crippen molar-refractivity contribution < 1.29 is 23.6 Å². The Bertz CT molecular complexity index is 547. The van der Waals surface area contributed by atoms with Gasteiger partial charge >= 0.3 is 0 Å². The van der Waals surface area contributed by atoms with Gasteiger partial charge in [-0.05, 0) is 6.92 Å². The largest absolute Gasteiger partial charge is 0.384 e. The molecule has 0 N–H and O–H groups in total. The first-order valence-corrected chi connectivity index (χ1v) is 7.44. The van der Waals surface area contributed by atoms with Crippen molar-refractivity contribution in [3.8, 4) is 0 Å². The minimum Gasteiger partial charge on any atom is -0.384 e. The number of carbonyl (C=O) groups is 2. The maximum atomic E-state index is 12.3. The molecule has 2 heterocycles. The lowest BCUT2D eigenvalue weighted by Crippen LogP contribution is -2.58. The van der Waals surface area contributed by atoms with Gasteiger partial charge in [0.25, 0.3) is 0 Å². The van der Waals surface area contributed by atoms with Crippen LogP contribution in [0.1, 0.15) is 18.6 Å². The Labute approximate surface area is 134 Å². The van der Waals surface area contributed by atoms with Crippen LogP contribution < -0.4 is 0 Å². The van der Waals surface area contributed by atoms with Crippen LogP contribution in [0.3, 0.4) is 0 Å². The number of aromatic nitrogens is 2. The smallest absolute Gasteiger partial charge is 0.246 e. The first-order chi connectivity index (χ1) is 11.1. The van der Waals surface area contributed by atoms with Gasteiger partial charge in [-0.3, -0.25) is 9.59 Å². The van der Waals surface area contributed by atoms with Gasteiger partial charge in [0.15, 0.2) is 5.82 Å². The van der Waals surface area contributed by atoms with E-state index in [1.807, 2.05) is 0 Å². The molecule has 0 radical (unpaired) electrons. The second kappa shape index (κ2) is 8.02. The molecule has 2 rings (SSSR count). The summed E-state index contributed by atoms with van der Waals surface area (Å²) < 4.78 is 15.0. The molecule has 0 saturated carbocycles. The Morgan fingerprint density at radius 3 is 2.70 bits per heavy atom. The molecule has 23 heavy (non-hydrogen) atoms. The first kappa shape index (κ1) is 17.4. The van der Waals surface area contributed by atoms with E-state index in [1.54, 1.807) is 21.1 Å². The summed E-state index contributed by atoms with van der Waals surface area (Å²) in [7, 11) is 3.15. The number of hydrogen-bond acceptors (Lipinski definition) is 7. The number of rotatable bonds is 8. The van der Waals surface area contributed by atoms with E-state index in [0.717, 1.165) is 0 Å². The summed E-state index contributed by atoms with van der Waals surface area (Å²) in [5.41, 5.74) is 0. The van der Waals surface area contributed by atoms with E-state index in [1.165, 1.54) is 9.80 Å². The van der Waals surface area contributed by atoms with Gasteiger partial charge in [0.1, 0.15) is 12.6 Å². The lowest BCUT2D eigenvalue weighted by molar-refractivity contribution is -0.156. The predicted octanol–water partition coefficient (Wildman–Crippen LogP) is -0.536. The Balaban J connectivity index is 1.98. The summed E-state index contributed by atoms with van der Waals surface area (Å²) in [4.78, 5) is 31.8. The van der Waals surface area contributed by atoms with E-state index in [4.69, 9.17) is 14.0 Å². The fourth-order valence-electron chi connectivity index (χ4n) is 2.36. The highest BCUT2D eigenvalue weighted by atomic mass is 16.5. The van der Waals surface area contributed by atoms with E-state index in [-0.39, 0.29) is 24.9 Å². The van der Waals surface area contributed by atoms with Crippen molar-refractivity contribution in [2.24, 2.45) is 0 Å². The summed E-state index contributed by atoms with van der Waals surface area (Å²) in [6.45, 7) is 3.16. The first-order valence-electron chi connectivity index (χ1n) is 7.44. The van der Waals surface area contributed by atoms with Gasteiger partial charge in [-0.25, -0.2) is 0 Å². The maximum Gasteiger partial charge on any atom is 0.246 e. The van der Waals surface area contributed by atoms with Crippen LogP contribution in [0, 0.1) is 0 Å². The Hall–Kier alpha value is -2.00. The fraction of sp³-hybridized carbons (Fsp3) is 0.714. The number of nitrogens with zero attached hydrogens (tertiary/aromatic N) is 4. The average molecular weight is 326 g/mol. The molecular weight excluding hydrogens is 304 g/mol. The van der Waals surface area contributed by atoms with E-state index in [2.05, 4.69) is 10.1 Å². The zero-order chi connectivity index (χ0) is 16.8. The highest BCUT2D eigenvalue weighted by molar-refractivity contribution is 5.94. The molecule has 9 heteroatoms. The number of ether oxygens (including phenoxy) is 2. The zero-order valence-corrected chi connectivity index (χ0v) is 13.7. The van der Waals surface area contributed by atoms with Gasteiger partial charge in [0, 0.05) is 27.2 Å². The molecule has 0 spiro atoms. The zero-order valence-electron chi connectivity index (χ0n) is 13.7. The third-order valence-electron chi connectivity index (χ3n) is 3.69. The van der Waals surface area contributed by atoms with Crippen LogP contribution in [0.25, 0.3) is 0 Å². The van der Waals surface area contributed by atoms with Crippen LogP contribution in [0.2, 0.25) is 0 Å². The van der Waals surface area contributed by atoms with E-state index in [9.17, 15) is 9.59 Å². The van der Waals surface area contributed by atoms with Gasteiger partial charge in [0.05, 0.1) is 19.8 Å². The Kier molecular flexibility index (Phi) is 6.05. The van der Waals surface area contributed by atoms with E-state index < -0.39 is 6.04 Å². The number of carbonyl (C=O) groups excluding carboxylic acids is 2. The molecule has 1 atom stereocenters. The minimum atomic E-state index is -0.567. The summed E-state index contributed by atoms with van der Waals surface area (Å²) in [6.07, 6.45) is 0.535. The molecule has 1 aromatic rings. The molecule has 1 aliphatic heterocycles. The van der Waals surface area contributed by atoms with E-state index in [0.29, 0.717) is 37.9 Å². The Morgan fingerprint density at radius 2 is 2.00 bits per heavy atom. The number of piperazine rings is 1. The van der Waals surface area contributed by atoms with Crippen molar-refractivity contribution in [2.45, 2.75) is 25.9 Å². The summed E-state index contributed by atoms with van der Waals surface area (Å²) in [5, 5.41) is 3.83. The molecule has 1 aromatic heterocycles. The van der Waals surface area contributed by atoms with Crippen molar-refractivity contribution in [3.63, 3.8) is 0 Å². The molecule has 0 bridgehead atoms. The third kappa shape index (κ3) is 4.26. The SMILES string of the molecule is COCCc1noc(CN2C(=O)CN(CCOC)C(=O)[C@@H]2C)n1. The average Bonchev–Trinajstić information content (AvgIpc) is 2.99. The van der Waals surface area contributed by atoms with Crippen molar-refractivity contribution in [1.29, 1.82) is 0 Å². The fourth-order valence-corrected chi connectivity index (χ4v) is 2.36. The van der Waals surface area contributed by atoms with Crippen molar-refractivity contribution in [1.82, 2.24) is 19.9 Å². The lowest BCUT2D eigenvalue weighted by Gasteiger charge is -2.37. The molecule has 128 valence electrons. The van der Waals surface area contributed by atoms with E-state index >= 15 is 0 Å². The number of methoxy groups -OCH3 is 2. The molecule has 9 nitrogen and oxygen atoms in total. The molecule has 1 fully saturated rings. The van der Waals surface area contributed by atoms with Crippen molar-refractivity contribution in [2.75, 3.05) is 40.5 Å². The highest BCUT2D eigenvalue weighted by Crippen LogP contribution is 2.15. The normalized spacial score (nSPS) is 18.8. The van der Waals surface area contributed by atoms with Gasteiger partial charge in [-0.15, -0.1) is 0 Å². The molecule has 2 amide bonds. The monoisotopic (exact) mass is 326 g/mol. The van der Waals surface area contributed by atoms with Gasteiger partial charge in [0.2, 0.25) is 17.7 Å². The van der Waals surface area contributed by atoms with Crippen molar-refractivity contribution >= 4 is 11.8 Å². The minimum absolute atomic E-state index is 0.0389. The van der Waals surface area contributed by atoms with Crippen molar-refractivity contribution in [3.05, 3.63) is 11.7 Å². The number of hydrogen-bond donors (Lipinski definition) is 0. The molecule has 0 aromatic carbocycles. The standard InChI is InChI=1S/C14H22N4O5/c1-10-14(20)17(5-7-22-3)9-13(19)18(10)8-12-15-11(16-23-12)4-6-21-2/h10H,4-9H2,1-3H3/t10-/m0/s1. The lowest BCUT2D eigenvalue weighted by atomic mass is 10.1. The van der Waals surface area contributed by atoms with Gasteiger partial charge in [-0.1, -0.05) is 5.16 Å². The summed E-state index contributed by atoms with van der Waals surface area (Å²) in [6, 6.07) is -0.567. The molecular formula is C14H22N4O5. The van der Waals surface area contributed by atoms with Gasteiger partial charge in [-0.2, -0.15) is 4.98 Å². The molecule has 1 aliphatic rings. The maximum absolute atomic E-state index is 12.3. The number of amides is 2. The molecule has 0 aliphatic carbocycles. The van der Waals surface area contributed by atoms with Gasteiger partial charge < -0.3 is 23.8 Å². The van der Waals surface area contributed by atoms with Crippen LogP contribution in [0.4, 0.5) is 0 Å². The van der Waals surface area contributed by atoms with Crippen LogP contribution in [-0.4, -0.2) is 78.3 Å². The second-order valence-electron chi connectivity index (χ2n) is 5.30. The summed E-state index contributed by atoms with van der Waals surface area (Å²) in [5.74, 6) is 0.576. The topological polar surface area (TPSA) is 98.0 Å². The highest BCUT2D eigenvalue weighted by Gasteiger charge is 2.37. The summed E-state index contributed by atoms with van der Waals surface area (Å²) >= 11 is 0. The third-order valence-corrected chi connectivity index (χ3v) is 3.69. The predicted molar refractivity (Wildman–Crippen MR) is 78.3 cm³/mol. The van der Waals surface area contributed by atoms with Crippen LogP contribution in [-0.2, 0) is 32.0 Å². The Morgan fingerprint density at radius 1 is 1.26 bits per heavy atom. The molecule has 1 saturated heterocycles. The van der Waals surface area contributed by atoms with Crippen LogP contribution in [0.5, 0.6) is 0 Å². The van der Waals surface area contributed by atoms with Crippen LogP contribution >= 0.6 is 0 Å². The second-order valence-corrected chi connectivity index (χ2v) is 5.30.